The molecule has 0 aromatic carbocycles. The van der Waals surface area contributed by atoms with Gasteiger partial charge >= 0.3 is 5.97 Å². The van der Waals surface area contributed by atoms with Gasteiger partial charge in [0.15, 0.2) is 0 Å². The van der Waals surface area contributed by atoms with Crippen LogP contribution >= 0.6 is 0 Å². The molecule has 0 aliphatic heterocycles. The van der Waals surface area contributed by atoms with Crippen molar-refractivity contribution in [1.29, 1.82) is 0 Å². The fourth-order valence-corrected chi connectivity index (χ4v) is 0.786. The summed E-state index contributed by atoms with van der Waals surface area (Å²) in [5.41, 5.74) is 0. The van der Waals surface area contributed by atoms with E-state index in [2.05, 4.69) is 18.8 Å². The van der Waals surface area contributed by atoms with Crippen molar-refractivity contribution in [2.75, 3.05) is 13.2 Å². The van der Waals surface area contributed by atoms with Gasteiger partial charge in [0.05, 0.1) is 6.61 Å². The van der Waals surface area contributed by atoms with Gasteiger partial charge in [-0.25, -0.2) is 0 Å². The summed E-state index contributed by atoms with van der Waals surface area (Å²) in [6.45, 7) is 8.56. The smallest absolute Gasteiger partial charge is 0.322 e. The van der Waals surface area contributed by atoms with Crippen molar-refractivity contribution in [2.45, 2.75) is 32.7 Å². The number of nitrogens with one attached hydrogen (secondary N) is 1. The van der Waals surface area contributed by atoms with Crippen LogP contribution in [0.4, 0.5) is 0 Å². The molecule has 0 rings (SSSR count). The second-order valence-corrected chi connectivity index (χ2v) is 2.94. The largest absolute Gasteiger partial charge is 0.465 e. The molecular formula is C10H19NO2. The minimum absolute atomic E-state index is 0.185. The van der Waals surface area contributed by atoms with Crippen molar-refractivity contribution in [3.05, 3.63) is 12.7 Å². The zero-order valence-corrected chi connectivity index (χ0v) is 8.51. The van der Waals surface area contributed by atoms with Crippen LogP contribution in [0.2, 0.25) is 0 Å². The maximum atomic E-state index is 11.2. The first-order valence-corrected chi connectivity index (χ1v) is 4.73. The van der Waals surface area contributed by atoms with Crippen LogP contribution in [0.25, 0.3) is 0 Å². The highest BCUT2D eigenvalue weighted by Gasteiger charge is 2.11. The van der Waals surface area contributed by atoms with E-state index < -0.39 is 0 Å². The molecule has 0 saturated carbocycles. The maximum absolute atomic E-state index is 11.2. The molecule has 0 radical (unpaired) electrons. The summed E-state index contributed by atoms with van der Waals surface area (Å²) in [6, 6.07) is -0.241. The molecule has 1 unspecified atom stereocenters. The van der Waals surface area contributed by atoms with E-state index in [9.17, 15) is 4.79 Å². The van der Waals surface area contributed by atoms with Gasteiger partial charge in [-0.05, 0) is 13.3 Å². The maximum Gasteiger partial charge on any atom is 0.322 e. The Kier molecular flexibility index (Phi) is 7.30. The van der Waals surface area contributed by atoms with E-state index in [0.29, 0.717) is 13.2 Å². The van der Waals surface area contributed by atoms with Crippen LogP contribution in [-0.4, -0.2) is 25.2 Å². The van der Waals surface area contributed by atoms with Crippen molar-refractivity contribution in [2.24, 2.45) is 0 Å². The molecular weight excluding hydrogens is 166 g/mol. The summed E-state index contributed by atoms with van der Waals surface area (Å²) >= 11 is 0. The molecule has 0 aliphatic carbocycles. The first kappa shape index (κ1) is 12.2. The Morgan fingerprint density at radius 2 is 2.38 bits per heavy atom. The molecule has 3 heteroatoms. The van der Waals surface area contributed by atoms with Crippen LogP contribution < -0.4 is 5.32 Å². The third kappa shape index (κ3) is 6.34. The molecule has 13 heavy (non-hydrogen) atoms. The Morgan fingerprint density at radius 3 is 2.92 bits per heavy atom. The standard InChI is InChI=1S/C10H19NO2/c1-4-6-8-13-10(12)9(3)11-7-5-2/h5,9,11H,2,4,6-8H2,1,3H3. The Labute approximate surface area is 80.2 Å². The first-order chi connectivity index (χ1) is 6.22. The summed E-state index contributed by atoms with van der Waals surface area (Å²) in [7, 11) is 0. The van der Waals surface area contributed by atoms with E-state index in [4.69, 9.17) is 4.74 Å². The van der Waals surface area contributed by atoms with Crippen LogP contribution in [0.3, 0.4) is 0 Å². The molecule has 0 fully saturated rings. The normalized spacial score (nSPS) is 12.2. The van der Waals surface area contributed by atoms with Crippen molar-refractivity contribution in [3.63, 3.8) is 0 Å². The van der Waals surface area contributed by atoms with Gasteiger partial charge in [-0.15, -0.1) is 6.58 Å². The van der Waals surface area contributed by atoms with Gasteiger partial charge in [0.2, 0.25) is 0 Å². The summed E-state index contributed by atoms with van der Waals surface area (Å²) in [6.07, 6.45) is 3.69. The fraction of sp³-hybridized carbons (Fsp3) is 0.700. The Morgan fingerprint density at radius 1 is 1.69 bits per heavy atom. The van der Waals surface area contributed by atoms with Gasteiger partial charge in [0.1, 0.15) is 6.04 Å². The van der Waals surface area contributed by atoms with E-state index in [1.165, 1.54) is 0 Å². The Balaban J connectivity index is 3.50. The second-order valence-electron chi connectivity index (χ2n) is 2.94. The second kappa shape index (κ2) is 7.80. The number of esters is 1. The molecule has 76 valence electrons. The summed E-state index contributed by atoms with van der Waals surface area (Å²) in [5, 5.41) is 2.97. The molecule has 0 spiro atoms. The zero-order valence-electron chi connectivity index (χ0n) is 8.51. The quantitative estimate of drug-likeness (QED) is 0.371. The number of ether oxygens (including phenoxy) is 1. The molecule has 0 aromatic heterocycles. The van der Waals surface area contributed by atoms with Crippen molar-refractivity contribution in [3.8, 4) is 0 Å². The topological polar surface area (TPSA) is 38.3 Å². The van der Waals surface area contributed by atoms with E-state index in [0.717, 1.165) is 12.8 Å². The van der Waals surface area contributed by atoms with Crippen LogP contribution in [-0.2, 0) is 9.53 Å². The number of hydrogen-bond acceptors (Lipinski definition) is 3. The van der Waals surface area contributed by atoms with Crippen LogP contribution in [0.5, 0.6) is 0 Å². The number of hydrogen-bond donors (Lipinski definition) is 1. The Hall–Kier alpha value is -0.830. The van der Waals surface area contributed by atoms with Crippen molar-refractivity contribution < 1.29 is 9.53 Å². The molecule has 0 bridgehead atoms. The summed E-state index contributed by atoms with van der Waals surface area (Å²) in [4.78, 5) is 11.2. The van der Waals surface area contributed by atoms with Gasteiger partial charge in [-0.1, -0.05) is 19.4 Å². The highest BCUT2D eigenvalue weighted by molar-refractivity contribution is 5.75. The van der Waals surface area contributed by atoms with Crippen LogP contribution in [0, 0.1) is 0 Å². The molecule has 0 amide bonds. The number of unbranched alkanes of at least 4 members (excludes halogenated alkanes) is 1. The molecule has 0 aliphatic rings. The number of rotatable bonds is 7. The average Bonchev–Trinajstić information content (AvgIpc) is 2.14. The van der Waals surface area contributed by atoms with Gasteiger partial charge in [0, 0.05) is 6.54 Å². The van der Waals surface area contributed by atoms with Crippen LogP contribution in [0.15, 0.2) is 12.7 Å². The van der Waals surface area contributed by atoms with E-state index in [-0.39, 0.29) is 12.0 Å². The van der Waals surface area contributed by atoms with Gasteiger partial charge in [-0.3, -0.25) is 4.79 Å². The fourth-order valence-electron chi connectivity index (χ4n) is 0.786. The van der Waals surface area contributed by atoms with E-state index in [1.807, 2.05) is 0 Å². The van der Waals surface area contributed by atoms with E-state index >= 15 is 0 Å². The lowest BCUT2D eigenvalue weighted by atomic mass is 10.3. The molecule has 1 atom stereocenters. The van der Waals surface area contributed by atoms with Crippen molar-refractivity contribution in [1.82, 2.24) is 5.32 Å². The third-order valence-electron chi connectivity index (χ3n) is 1.66. The lowest BCUT2D eigenvalue weighted by molar-refractivity contribution is -0.145. The molecule has 1 N–H and O–H groups in total. The van der Waals surface area contributed by atoms with Gasteiger partial charge in [-0.2, -0.15) is 0 Å². The lowest BCUT2D eigenvalue weighted by Crippen LogP contribution is -2.35. The first-order valence-electron chi connectivity index (χ1n) is 4.73. The summed E-state index contributed by atoms with van der Waals surface area (Å²) in [5.74, 6) is -0.185. The van der Waals surface area contributed by atoms with Gasteiger partial charge in [0.25, 0.3) is 0 Å². The minimum atomic E-state index is -0.241. The monoisotopic (exact) mass is 185 g/mol. The lowest BCUT2D eigenvalue weighted by Gasteiger charge is -2.11. The number of carbonyl (C=O) groups is 1. The molecule has 0 saturated heterocycles. The third-order valence-corrected chi connectivity index (χ3v) is 1.66. The molecule has 0 aromatic rings. The van der Waals surface area contributed by atoms with Crippen molar-refractivity contribution >= 4 is 5.97 Å². The predicted molar refractivity (Wildman–Crippen MR) is 53.5 cm³/mol. The number of carbonyl (C=O) groups excluding carboxylic acids is 1. The highest BCUT2D eigenvalue weighted by Crippen LogP contribution is 1.92. The van der Waals surface area contributed by atoms with Gasteiger partial charge < -0.3 is 10.1 Å². The average molecular weight is 185 g/mol. The summed E-state index contributed by atoms with van der Waals surface area (Å²) < 4.78 is 5.01. The minimum Gasteiger partial charge on any atom is -0.465 e. The molecule has 3 nitrogen and oxygen atoms in total. The zero-order chi connectivity index (χ0) is 10.1. The highest BCUT2D eigenvalue weighted by atomic mass is 16.5. The Bertz CT molecular complexity index is 157. The molecule has 0 heterocycles. The predicted octanol–water partition coefficient (Wildman–Crippen LogP) is 1.49. The SMILES string of the molecule is C=CCNC(C)C(=O)OCCCC. The van der Waals surface area contributed by atoms with E-state index in [1.54, 1.807) is 13.0 Å². The van der Waals surface area contributed by atoms with Crippen LogP contribution in [0.1, 0.15) is 26.7 Å².